The molecule has 2 aliphatic rings. The highest BCUT2D eigenvalue weighted by Crippen LogP contribution is 2.14. The summed E-state index contributed by atoms with van der Waals surface area (Å²) >= 11 is 0. The Bertz CT molecular complexity index is 255. The van der Waals surface area contributed by atoms with Crippen molar-refractivity contribution >= 4 is 5.91 Å². The van der Waals surface area contributed by atoms with Crippen molar-refractivity contribution in [3.8, 4) is 0 Å². The zero-order valence-electron chi connectivity index (χ0n) is 11.6. The molecule has 2 aliphatic heterocycles. The van der Waals surface area contributed by atoms with E-state index in [4.69, 9.17) is 4.74 Å². The van der Waals surface area contributed by atoms with E-state index in [9.17, 15) is 4.79 Å². The minimum absolute atomic E-state index is 0.327. The van der Waals surface area contributed by atoms with Crippen LogP contribution in [-0.2, 0) is 9.53 Å². The van der Waals surface area contributed by atoms with Crippen molar-refractivity contribution in [1.29, 1.82) is 0 Å². The van der Waals surface area contributed by atoms with Crippen molar-refractivity contribution in [2.45, 2.75) is 44.6 Å². The fraction of sp³-hybridized carbons (Fsp3) is 0.929. The predicted octanol–water partition coefficient (Wildman–Crippen LogP) is 1.50. The Kier molecular flexibility index (Phi) is 5.45. The number of rotatable bonds is 3. The van der Waals surface area contributed by atoms with E-state index in [-0.39, 0.29) is 0 Å². The Labute approximate surface area is 110 Å². The van der Waals surface area contributed by atoms with Crippen molar-refractivity contribution in [3.63, 3.8) is 0 Å². The Balaban J connectivity index is 1.73. The lowest BCUT2D eigenvalue weighted by Gasteiger charge is -2.32. The summed E-state index contributed by atoms with van der Waals surface area (Å²) in [5, 5.41) is 0. The van der Waals surface area contributed by atoms with E-state index in [1.807, 2.05) is 0 Å². The number of ether oxygens (including phenoxy) is 1. The molecule has 0 unspecified atom stereocenters. The number of hydrogen-bond donors (Lipinski definition) is 0. The zero-order valence-corrected chi connectivity index (χ0v) is 11.6. The van der Waals surface area contributed by atoms with Gasteiger partial charge in [-0.05, 0) is 25.7 Å². The van der Waals surface area contributed by atoms with E-state index in [1.165, 1.54) is 25.7 Å². The number of nitrogens with zero attached hydrogens (tertiary/aromatic N) is 2. The van der Waals surface area contributed by atoms with Gasteiger partial charge in [-0.2, -0.15) is 0 Å². The van der Waals surface area contributed by atoms with Crippen LogP contribution in [0.2, 0.25) is 0 Å². The van der Waals surface area contributed by atoms with Crippen LogP contribution >= 0.6 is 0 Å². The van der Waals surface area contributed by atoms with E-state index in [1.54, 1.807) is 7.11 Å². The highest BCUT2D eigenvalue weighted by atomic mass is 16.5. The van der Waals surface area contributed by atoms with E-state index >= 15 is 0 Å². The van der Waals surface area contributed by atoms with Crippen LogP contribution in [0, 0.1) is 0 Å². The van der Waals surface area contributed by atoms with Crippen LogP contribution in [0.5, 0.6) is 0 Å². The second-order valence-electron chi connectivity index (χ2n) is 5.51. The molecule has 0 aliphatic carbocycles. The van der Waals surface area contributed by atoms with Gasteiger partial charge in [0, 0.05) is 33.3 Å². The molecule has 4 heteroatoms. The summed E-state index contributed by atoms with van der Waals surface area (Å²) in [5.74, 6) is 0.327. The highest BCUT2D eigenvalue weighted by Gasteiger charge is 2.23. The third-order valence-corrected chi connectivity index (χ3v) is 4.19. The number of likely N-dealkylation sites (tertiary alicyclic amines) is 2. The van der Waals surface area contributed by atoms with E-state index in [0.29, 0.717) is 18.6 Å². The summed E-state index contributed by atoms with van der Waals surface area (Å²) in [5.41, 5.74) is 0. The molecule has 0 radical (unpaired) electrons. The maximum absolute atomic E-state index is 12.2. The molecule has 0 aromatic heterocycles. The van der Waals surface area contributed by atoms with Crippen LogP contribution in [0.15, 0.2) is 0 Å². The van der Waals surface area contributed by atoms with Gasteiger partial charge in [0.05, 0.1) is 12.6 Å². The molecule has 2 fully saturated rings. The smallest absolute Gasteiger partial charge is 0.236 e. The maximum atomic E-state index is 12.2. The molecule has 0 saturated carbocycles. The normalized spacial score (nSPS) is 23.9. The standard InChI is InChI=1S/C14H26N2O2/c1-18-13-6-10-15(11-7-13)12-14(17)16-8-4-2-3-5-9-16/h13H,2-12H2,1H3. The fourth-order valence-electron chi connectivity index (χ4n) is 2.91. The quantitative estimate of drug-likeness (QED) is 0.765. The second kappa shape index (κ2) is 7.10. The lowest BCUT2D eigenvalue weighted by Crippen LogP contribution is -2.44. The Morgan fingerprint density at radius 1 is 1.06 bits per heavy atom. The zero-order chi connectivity index (χ0) is 12.8. The largest absolute Gasteiger partial charge is 0.381 e. The van der Waals surface area contributed by atoms with Gasteiger partial charge in [-0.15, -0.1) is 0 Å². The first-order valence-corrected chi connectivity index (χ1v) is 7.32. The van der Waals surface area contributed by atoms with Gasteiger partial charge in [0.1, 0.15) is 0 Å². The number of methoxy groups -OCH3 is 1. The molecule has 0 N–H and O–H groups in total. The SMILES string of the molecule is COC1CCN(CC(=O)N2CCCCCC2)CC1. The predicted molar refractivity (Wildman–Crippen MR) is 71.5 cm³/mol. The molecule has 4 nitrogen and oxygen atoms in total. The molecule has 0 aromatic carbocycles. The third kappa shape index (κ3) is 3.95. The highest BCUT2D eigenvalue weighted by molar-refractivity contribution is 5.78. The molecule has 2 heterocycles. The monoisotopic (exact) mass is 254 g/mol. The summed E-state index contributed by atoms with van der Waals surface area (Å²) in [4.78, 5) is 16.6. The van der Waals surface area contributed by atoms with Crippen molar-refractivity contribution < 1.29 is 9.53 Å². The van der Waals surface area contributed by atoms with Gasteiger partial charge in [-0.25, -0.2) is 0 Å². The van der Waals surface area contributed by atoms with Gasteiger partial charge in [0.25, 0.3) is 0 Å². The Morgan fingerprint density at radius 2 is 1.67 bits per heavy atom. The van der Waals surface area contributed by atoms with Crippen LogP contribution in [0.25, 0.3) is 0 Å². The first-order valence-electron chi connectivity index (χ1n) is 7.32. The number of hydrogen-bond acceptors (Lipinski definition) is 3. The average Bonchev–Trinajstić information content (AvgIpc) is 2.68. The first-order chi connectivity index (χ1) is 8.79. The lowest BCUT2D eigenvalue weighted by molar-refractivity contribution is -0.133. The number of carbonyl (C=O) groups excluding carboxylic acids is 1. The van der Waals surface area contributed by atoms with Gasteiger partial charge >= 0.3 is 0 Å². The molecule has 1 amide bonds. The van der Waals surface area contributed by atoms with E-state index < -0.39 is 0 Å². The van der Waals surface area contributed by atoms with Crippen LogP contribution in [-0.4, -0.2) is 61.6 Å². The summed E-state index contributed by atoms with van der Waals surface area (Å²) in [6.07, 6.45) is 7.43. The van der Waals surface area contributed by atoms with E-state index in [0.717, 1.165) is 39.0 Å². The Hall–Kier alpha value is -0.610. The molecule has 0 spiro atoms. The number of amides is 1. The summed E-state index contributed by atoms with van der Waals surface area (Å²) in [7, 11) is 1.78. The van der Waals surface area contributed by atoms with Crippen LogP contribution in [0.4, 0.5) is 0 Å². The van der Waals surface area contributed by atoms with Crippen molar-refractivity contribution in [2.75, 3.05) is 39.8 Å². The molecule has 2 saturated heterocycles. The first kappa shape index (κ1) is 13.8. The molecular formula is C14H26N2O2. The van der Waals surface area contributed by atoms with Gasteiger partial charge in [0.2, 0.25) is 5.91 Å². The van der Waals surface area contributed by atoms with Crippen LogP contribution in [0.1, 0.15) is 38.5 Å². The minimum Gasteiger partial charge on any atom is -0.381 e. The fourth-order valence-corrected chi connectivity index (χ4v) is 2.91. The molecule has 18 heavy (non-hydrogen) atoms. The van der Waals surface area contributed by atoms with E-state index in [2.05, 4.69) is 9.80 Å². The summed E-state index contributed by atoms with van der Waals surface area (Å²) in [6, 6.07) is 0. The van der Waals surface area contributed by atoms with Crippen molar-refractivity contribution in [2.24, 2.45) is 0 Å². The molecule has 0 aromatic rings. The maximum Gasteiger partial charge on any atom is 0.236 e. The van der Waals surface area contributed by atoms with Gasteiger partial charge in [0.15, 0.2) is 0 Å². The van der Waals surface area contributed by atoms with Gasteiger partial charge in [-0.3, -0.25) is 9.69 Å². The topological polar surface area (TPSA) is 32.8 Å². The molecule has 2 rings (SSSR count). The molecule has 104 valence electrons. The van der Waals surface area contributed by atoms with Crippen molar-refractivity contribution in [1.82, 2.24) is 9.80 Å². The minimum atomic E-state index is 0.327. The van der Waals surface area contributed by atoms with Gasteiger partial charge in [-0.1, -0.05) is 12.8 Å². The van der Waals surface area contributed by atoms with Crippen molar-refractivity contribution in [3.05, 3.63) is 0 Å². The third-order valence-electron chi connectivity index (χ3n) is 4.19. The molecular weight excluding hydrogens is 228 g/mol. The molecule has 0 bridgehead atoms. The number of piperidine rings is 1. The Morgan fingerprint density at radius 3 is 2.22 bits per heavy atom. The summed E-state index contributed by atoms with van der Waals surface area (Å²) < 4.78 is 5.36. The lowest BCUT2D eigenvalue weighted by atomic mass is 10.1. The summed E-state index contributed by atoms with van der Waals surface area (Å²) in [6.45, 7) is 4.54. The number of carbonyl (C=O) groups is 1. The second-order valence-corrected chi connectivity index (χ2v) is 5.51. The van der Waals surface area contributed by atoms with Crippen LogP contribution in [0.3, 0.4) is 0 Å². The van der Waals surface area contributed by atoms with Gasteiger partial charge < -0.3 is 9.64 Å². The molecule has 0 atom stereocenters. The van der Waals surface area contributed by atoms with Crippen LogP contribution < -0.4 is 0 Å². The average molecular weight is 254 g/mol.